The van der Waals surface area contributed by atoms with Gasteiger partial charge in [-0.2, -0.15) is 0 Å². The topological polar surface area (TPSA) is 39.4 Å². The molecule has 2 rings (SSSR count). The van der Waals surface area contributed by atoms with Crippen molar-refractivity contribution in [3.63, 3.8) is 0 Å². The second-order valence-electron chi connectivity index (χ2n) is 3.17. The number of hydrogen-bond donors (Lipinski definition) is 0. The van der Waals surface area contributed by atoms with Gasteiger partial charge >= 0.3 is 5.97 Å². The first kappa shape index (κ1) is 11.3. The lowest BCUT2D eigenvalue weighted by molar-refractivity contribution is -0.133. The lowest BCUT2D eigenvalue weighted by Crippen LogP contribution is -2.04. The Hall–Kier alpha value is -1.19. The third kappa shape index (κ3) is 1.88. The lowest BCUT2D eigenvalue weighted by Gasteiger charge is -1.99. The summed E-state index contributed by atoms with van der Waals surface area (Å²) in [7, 11) is 0. The molecule has 2 aromatic rings. The first-order valence-corrected chi connectivity index (χ1v) is 5.45. The smallest absolute Gasteiger partial charge is 0.311 e. The van der Waals surface area contributed by atoms with Crippen LogP contribution in [0.5, 0.6) is 5.75 Å². The number of hydrogen-bond acceptors (Lipinski definition) is 3. The SMILES string of the molecule is CCC(=O)Oc1coc2c(Cl)c(Cl)ccc12. The molecule has 3 nitrogen and oxygen atoms in total. The molecular weight excluding hydrogens is 251 g/mol. The number of benzene rings is 1. The van der Waals surface area contributed by atoms with Crippen molar-refractivity contribution in [1.29, 1.82) is 0 Å². The van der Waals surface area contributed by atoms with Gasteiger partial charge in [-0.1, -0.05) is 30.1 Å². The number of carbonyl (C=O) groups is 1. The minimum atomic E-state index is -0.325. The zero-order chi connectivity index (χ0) is 11.7. The zero-order valence-electron chi connectivity index (χ0n) is 8.42. The molecule has 0 bridgehead atoms. The molecule has 0 atom stereocenters. The van der Waals surface area contributed by atoms with E-state index < -0.39 is 0 Å². The van der Waals surface area contributed by atoms with Crippen molar-refractivity contribution in [3.8, 4) is 5.75 Å². The van der Waals surface area contributed by atoms with Crippen molar-refractivity contribution in [1.82, 2.24) is 0 Å². The second kappa shape index (κ2) is 4.36. The monoisotopic (exact) mass is 258 g/mol. The van der Waals surface area contributed by atoms with Crippen LogP contribution in [-0.4, -0.2) is 5.97 Å². The van der Waals surface area contributed by atoms with Crippen LogP contribution in [0.3, 0.4) is 0 Å². The van der Waals surface area contributed by atoms with E-state index in [1.54, 1.807) is 19.1 Å². The highest BCUT2D eigenvalue weighted by Crippen LogP contribution is 2.36. The summed E-state index contributed by atoms with van der Waals surface area (Å²) in [4.78, 5) is 11.2. The first-order valence-electron chi connectivity index (χ1n) is 4.69. The summed E-state index contributed by atoms with van der Waals surface area (Å²) < 4.78 is 10.3. The number of furan rings is 1. The number of fused-ring (bicyclic) bond motifs is 1. The normalized spacial score (nSPS) is 10.7. The maximum Gasteiger partial charge on any atom is 0.311 e. The summed E-state index contributed by atoms with van der Waals surface area (Å²) >= 11 is 11.8. The lowest BCUT2D eigenvalue weighted by atomic mass is 10.2. The third-order valence-electron chi connectivity index (χ3n) is 2.11. The van der Waals surface area contributed by atoms with Crippen LogP contribution in [0.15, 0.2) is 22.8 Å². The fourth-order valence-electron chi connectivity index (χ4n) is 1.29. The molecule has 0 unspecified atom stereocenters. The highest BCUT2D eigenvalue weighted by Gasteiger charge is 2.14. The Morgan fingerprint density at radius 3 is 2.88 bits per heavy atom. The van der Waals surface area contributed by atoms with Gasteiger partial charge in [0, 0.05) is 6.42 Å². The molecule has 0 radical (unpaired) electrons. The van der Waals surface area contributed by atoms with Gasteiger partial charge in [0.1, 0.15) is 11.3 Å². The third-order valence-corrected chi connectivity index (χ3v) is 2.90. The Bertz CT molecular complexity index is 545. The predicted octanol–water partition coefficient (Wildman–Crippen LogP) is 4.06. The van der Waals surface area contributed by atoms with E-state index in [2.05, 4.69) is 0 Å². The van der Waals surface area contributed by atoms with Crippen LogP contribution in [0.4, 0.5) is 0 Å². The molecule has 0 aliphatic heterocycles. The fourth-order valence-corrected chi connectivity index (χ4v) is 1.65. The number of halogens is 2. The molecule has 5 heteroatoms. The van der Waals surface area contributed by atoms with Gasteiger partial charge in [0.05, 0.1) is 10.4 Å². The van der Waals surface area contributed by atoms with Crippen LogP contribution in [0, 0.1) is 0 Å². The van der Waals surface area contributed by atoms with Gasteiger partial charge < -0.3 is 9.15 Å². The van der Waals surface area contributed by atoms with Crippen molar-refractivity contribution in [3.05, 3.63) is 28.4 Å². The van der Waals surface area contributed by atoms with Gasteiger partial charge in [0.15, 0.2) is 11.3 Å². The van der Waals surface area contributed by atoms with E-state index in [1.165, 1.54) is 6.26 Å². The molecular formula is C11H8Cl2O3. The van der Waals surface area contributed by atoms with Gasteiger partial charge in [-0.25, -0.2) is 0 Å². The molecule has 0 amide bonds. The predicted molar refractivity (Wildman–Crippen MR) is 62.2 cm³/mol. The molecule has 1 heterocycles. The van der Waals surface area contributed by atoms with Crippen LogP contribution < -0.4 is 4.74 Å². The van der Waals surface area contributed by atoms with Crippen LogP contribution in [-0.2, 0) is 4.79 Å². The van der Waals surface area contributed by atoms with E-state index in [0.29, 0.717) is 33.2 Å². The first-order chi connectivity index (χ1) is 7.63. The summed E-state index contributed by atoms with van der Waals surface area (Å²) in [5.41, 5.74) is 0.424. The second-order valence-corrected chi connectivity index (χ2v) is 3.95. The van der Waals surface area contributed by atoms with Crippen molar-refractivity contribution in [2.45, 2.75) is 13.3 Å². The summed E-state index contributed by atoms with van der Waals surface area (Å²) in [5.74, 6) is 0.0363. The average Bonchev–Trinajstić information content (AvgIpc) is 2.67. The molecule has 0 saturated carbocycles. The highest BCUT2D eigenvalue weighted by molar-refractivity contribution is 6.44. The van der Waals surface area contributed by atoms with Crippen LogP contribution in [0.2, 0.25) is 10.0 Å². The van der Waals surface area contributed by atoms with Gasteiger partial charge in [-0.15, -0.1) is 0 Å². The van der Waals surface area contributed by atoms with E-state index in [-0.39, 0.29) is 5.97 Å². The van der Waals surface area contributed by atoms with Crippen molar-refractivity contribution in [2.24, 2.45) is 0 Å². The van der Waals surface area contributed by atoms with E-state index in [1.807, 2.05) is 0 Å². The fraction of sp³-hybridized carbons (Fsp3) is 0.182. The number of esters is 1. The van der Waals surface area contributed by atoms with E-state index in [9.17, 15) is 4.79 Å². The zero-order valence-corrected chi connectivity index (χ0v) is 9.93. The molecule has 1 aromatic carbocycles. The van der Waals surface area contributed by atoms with Gasteiger partial charge in [-0.05, 0) is 12.1 Å². The highest BCUT2D eigenvalue weighted by atomic mass is 35.5. The molecule has 16 heavy (non-hydrogen) atoms. The molecule has 0 aliphatic rings. The minimum absolute atomic E-state index is 0.300. The summed E-state index contributed by atoms with van der Waals surface area (Å²) in [6.07, 6.45) is 1.65. The molecule has 0 N–H and O–H groups in total. The molecule has 0 spiro atoms. The van der Waals surface area contributed by atoms with Crippen molar-refractivity contribution < 1.29 is 13.9 Å². The number of rotatable bonds is 2. The quantitative estimate of drug-likeness (QED) is 0.763. The van der Waals surface area contributed by atoms with E-state index >= 15 is 0 Å². The maximum absolute atomic E-state index is 11.2. The number of ether oxygens (including phenoxy) is 1. The minimum Gasteiger partial charge on any atom is -0.459 e. The van der Waals surface area contributed by atoms with Gasteiger partial charge in [0.2, 0.25) is 0 Å². The molecule has 0 fully saturated rings. The molecule has 0 saturated heterocycles. The maximum atomic E-state index is 11.2. The summed E-state index contributed by atoms with van der Waals surface area (Å²) in [6.45, 7) is 1.72. The van der Waals surface area contributed by atoms with E-state index in [4.69, 9.17) is 32.4 Å². The molecule has 0 aliphatic carbocycles. The molecule has 1 aromatic heterocycles. The standard InChI is InChI=1S/C11H8Cl2O3/c1-2-9(14)16-8-5-15-11-6(8)3-4-7(12)10(11)13/h3-5H,2H2,1H3. The largest absolute Gasteiger partial charge is 0.459 e. The summed E-state index contributed by atoms with van der Waals surface area (Å²) in [6, 6.07) is 3.33. The Morgan fingerprint density at radius 1 is 1.44 bits per heavy atom. The Balaban J connectivity index is 2.50. The number of carbonyl (C=O) groups excluding carboxylic acids is 1. The van der Waals surface area contributed by atoms with Crippen molar-refractivity contribution in [2.75, 3.05) is 0 Å². The Morgan fingerprint density at radius 2 is 2.19 bits per heavy atom. The Labute approximate surface area is 102 Å². The Kier molecular flexibility index (Phi) is 3.08. The van der Waals surface area contributed by atoms with Crippen LogP contribution >= 0.6 is 23.2 Å². The van der Waals surface area contributed by atoms with Gasteiger partial charge in [0.25, 0.3) is 0 Å². The van der Waals surface area contributed by atoms with Crippen molar-refractivity contribution >= 4 is 40.1 Å². The van der Waals surface area contributed by atoms with Crippen LogP contribution in [0.1, 0.15) is 13.3 Å². The van der Waals surface area contributed by atoms with E-state index in [0.717, 1.165) is 0 Å². The average molecular weight is 259 g/mol. The summed E-state index contributed by atoms with van der Waals surface area (Å²) in [5, 5.41) is 1.35. The van der Waals surface area contributed by atoms with Gasteiger partial charge in [-0.3, -0.25) is 4.79 Å². The molecule has 84 valence electrons. The van der Waals surface area contributed by atoms with Crippen LogP contribution in [0.25, 0.3) is 11.0 Å².